The number of halogens is 1. The lowest BCUT2D eigenvalue weighted by molar-refractivity contribution is 0.103. The van der Waals surface area contributed by atoms with Crippen molar-refractivity contribution in [3.63, 3.8) is 0 Å². The summed E-state index contributed by atoms with van der Waals surface area (Å²) in [6.45, 7) is 0.969. The number of rotatable bonds is 2. The minimum atomic E-state index is 0.00569. The van der Waals surface area contributed by atoms with E-state index in [9.17, 15) is 4.79 Å². The molecular weight excluding hydrogens is 258 g/mol. The van der Waals surface area contributed by atoms with Crippen molar-refractivity contribution in [2.45, 2.75) is 12.8 Å². The molecular formula is C16H14ClNO. The van der Waals surface area contributed by atoms with Gasteiger partial charge in [0, 0.05) is 23.4 Å². The number of carbonyl (C=O) groups is 1. The van der Waals surface area contributed by atoms with Crippen molar-refractivity contribution in [2.75, 3.05) is 11.9 Å². The van der Waals surface area contributed by atoms with Crippen LogP contribution in [-0.4, -0.2) is 12.3 Å². The number of carbonyl (C=O) groups excluding carboxylic acids is 1. The van der Waals surface area contributed by atoms with Gasteiger partial charge in [-0.25, -0.2) is 0 Å². The Balaban J connectivity index is 2.08. The lowest BCUT2D eigenvalue weighted by Crippen LogP contribution is -2.16. The van der Waals surface area contributed by atoms with Crippen LogP contribution in [0.5, 0.6) is 0 Å². The Kier molecular flexibility index (Phi) is 3.26. The summed E-state index contributed by atoms with van der Waals surface area (Å²) >= 11 is 6.12. The normalized spacial score (nSPS) is 13.5. The van der Waals surface area contributed by atoms with E-state index in [0.717, 1.165) is 36.2 Å². The number of ketones is 1. The highest BCUT2D eigenvalue weighted by Crippen LogP contribution is 2.28. The third kappa shape index (κ3) is 2.24. The average molecular weight is 272 g/mol. The predicted molar refractivity (Wildman–Crippen MR) is 78.1 cm³/mol. The van der Waals surface area contributed by atoms with Crippen LogP contribution in [0.15, 0.2) is 42.5 Å². The van der Waals surface area contributed by atoms with Crippen LogP contribution in [0.1, 0.15) is 27.9 Å². The average Bonchev–Trinajstić information content (AvgIpc) is 2.46. The van der Waals surface area contributed by atoms with Crippen LogP contribution in [-0.2, 0) is 6.42 Å². The fourth-order valence-electron chi connectivity index (χ4n) is 2.51. The van der Waals surface area contributed by atoms with Gasteiger partial charge < -0.3 is 5.32 Å². The van der Waals surface area contributed by atoms with Gasteiger partial charge in [-0.2, -0.15) is 0 Å². The standard InChI is InChI=1S/C16H14ClNO/c17-14-8-2-1-5-13(14)16(19)12-6-3-9-15-11(12)7-4-10-18-15/h1-3,5-6,8-9,18H,4,7,10H2. The van der Waals surface area contributed by atoms with Crippen LogP contribution in [0.3, 0.4) is 0 Å². The largest absolute Gasteiger partial charge is 0.385 e. The highest BCUT2D eigenvalue weighted by molar-refractivity contribution is 6.35. The quantitative estimate of drug-likeness (QED) is 0.839. The maximum Gasteiger partial charge on any atom is 0.194 e. The first kappa shape index (κ1) is 12.2. The summed E-state index contributed by atoms with van der Waals surface area (Å²) in [7, 11) is 0. The summed E-state index contributed by atoms with van der Waals surface area (Å²) in [6.07, 6.45) is 1.99. The molecule has 0 aliphatic carbocycles. The lowest BCUT2D eigenvalue weighted by Gasteiger charge is -2.20. The molecule has 2 nitrogen and oxygen atoms in total. The molecule has 2 aromatic rings. The lowest BCUT2D eigenvalue weighted by atomic mass is 9.92. The Morgan fingerprint density at radius 1 is 1.05 bits per heavy atom. The molecule has 0 spiro atoms. The minimum Gasteiger partial charge on any atom is -0.385 e. The Morgan fingerprint density at radius 2 is 1.84 bits per heavy atom. The zero-order valence-corrected chi connectivity index (χ0v) is 11.2. The van der Waals surface area contributed by atoms with Crippen molar-refractivity contribution < 1.29 is 4.79 Å². The van der Waals surface area contributed by atoms with Gasteiger partial charge in [0.25, 0.3) is 0 Å². The summed E-state index contributed by atoms with van der Waals surface area (Å²) in [5, 5.41) is 3.85. The molecule has 1 heterocycles. The predicted octanol–water partition coefficient (Wildman–Crippen LogP) is 3.93. The van der Waals surface area contributed by atoms with Crippen molar-refractivity contribution in [2.24, 2.45) is 0 Å². The van der Waals surface area contributed by atoms with E-state index in [1.54, 1.807) is 12.1 Å². The summed E-state index contributed by atoms with van der Waals surface area (Å²) in [5.41, 5.74) is 3.52. The second-order valence-electron chi connectivity index (χ2n) is 4.67. The summed E-state index contributed by atoms with van der Waals surface area (Å²) in [5.74, 6) is 0.00569. The molecule has 96 valence electrons. The van der Waals surface area contributed by atoms with E-state index in [-0.39, 0.29) is 5.78 Å². The van der Waals surface area contributed by atoms with E-state index in [1.165, 1.54) is 0 Å². The van der Waals surface area contributed by atoms with Crippen LogP contribution < -0.4 is 5.32 Å². The number of nitrogens with one attached hydrogen (secondary N) is 1. The molecule has 3 heteroatoms. The van der Waals surface area contributed by atoms with E-state index in [1.807, 2.05) is 30.3 Å². The summed E-state index contributed by atoms with van der Waals surface area (Å²) in [6, 6.07) is 13.0. The third-order valence-electron chi connectivity index (χ3n) is 3.46. The van der Waals surface area contributed by atoms with Gasteiger partial charge >= 0.3 is 0 Å². The molecule has 0 saturated carbocycles. The van der Waals surface area contributed by atoms with Crippen LogP contribution >= 0.6 is 11.6 Å². The smallest absolute Gasteiger partial charge is 0.194 e. The third-order valence-corrected chi connectivity index (χ3v) is 3.79. The van der Waals surface area contributed by atoms with Crippen LogP contribution in [0, 0.1) is 0 Å². The molecule has 0 radical (unpaired) electrons. The molecule has 19 heavy (non-hydrogen) atoms. The molecule has 2 aromatic carbocycles. The van der Waals surface area contributed by atoms with Gasteiger partial charge in [0.05, 0.1) is 5.02 Å². The fourth-order valence-corrected chi connectivity index (χ4v) is 2.73. The second-order valence-corrected chi connectivity index (χ2v) is 5.08. The van der Waals surface area contributed by atoms with Crippen molar-refractivity contribution in [1.29, 1.82) is 0 Å². The van der Waals surface area contributed by atoms with E-state index in [2.05, 4.69) is 5.32 Å². The molecule has 0 aromatic heterocycles. The minimum absolute atomic E-state index is 0.00569. The highest BCUT2D eigenvalue weighted by Gasteiger charge is 2.19. The molecule has 0 saturated heterocycles. The van der Waals surface area contributed by atoms with Crippen LogP contribution in [0.25, 0.3) is 0 Å². The first-order valence-electron chi connectivity index (χ1n) is 6.42. The fraction of sp³-hybridized carbons (Fsp3) is 0.188. The summed E-state index contributed by atoms with van der Waals surface area (Å²) < 4.78 is 0. The van der Waals surface area contributed by atoms with Crippen molar-refractivity contribution in [3.05, 3.63) is 64.2 Å². The van der Waals surface area contributed by atoms with E-state index in [4.69, 9.17) is 11.6 Å². The van der Waals surface area contributed by atoms with Gasteiger partial charge in [0.15, 0.2) is 5.78 Å². The maximum absolute atomic E-state index is 12.6. The molecule has 1 N–H and O–H groups in total. The zero-order valence-electron chi connectivity index (χ0n) is 10.4. The summed E-state index contributed by atoms with van der Waals surface area (Å²) in [4.78, 5) is 12.6. The number of hydrogen-bond donors (Lipinski definition) is 1. The molecule has 3 rings (SSSR count). The van der Waals surface area contributed by atoms with Crippen LogP contribution in [0.2, 0.25) is 5.02 Å². The Bertz CT molecular complexity index is 636. The van der Waals surface area contributed by atoms with Gasteiger partial charge in [-0.15, -0.1) is 0 Å². The molecule has 0 amide bonds. The zero-order chi connectivity index (χ0) is 13.2. The molecule has 0 unspecified atom stereocenters. The van der Waals surface area contributed by atoms with Crippen molar-refractivity contribution in [1.82, 2.24) is 0 Å². The molecule has 1 aliphatic rings. The molecule has 1 aliphatic heterocycles. The highest BCUT2D eigenvalue weighted by atomic mass is 35.5. The van der Waals surface area contributed by atoms with E-state index < -0.39 is 0 Å². The molecule has 0 atom stereocenters. The number of hydrogen-bond acceptors (Lipinski definition) is 2. The van der Waals surface area contributed by atoms with Gasteiger partial charge in [0.1, 0.15) is 0 Å². The number of fused-ring (bicyclic) bond motifs is 1. The van der Waals surface area contributed by atoms with Gasteiger partial charge in [-0.05, 0) is 36.6 Å². The Morgan fingerprint density at radius 3 is 2.68 bits per heavy atom. The van der Waals surface area contributed by atoms with Gasteiger partial charge in [-0.1, -0.05) is 35.9 Å². The van der Waals surface area contributed by atoms with E-state index >= 15 is 0 Å². The van der Waals surface area contributed by atoms with Crippen molar-refractivity contribution in [3.8, 4) is 0 Å². The number of anilines is 1. The van der Waals surface area contributed by atoms with Gasteiger partial charge in [-0.3, -0.25) is 4.79 Å². The second kappa shape index (κ2) is 5.06. The topological polar surface area (TPSA) is 29.1 Å². The molecule has 0 bridgehead atoms. The first-order chi connectivity index (χ1) is 9.27. The maximum atomic E-state index is 12.6. The Hall–Kier alpha value is -1.80. The monoisotopic (exact) mass is 271 g/mol. The Labute approximate surface area is 117 Å². The van der Waals surface area contributed by atoms with Gasteiger partial charge in [0.2, 0.25) is 0 Å². The van der Waals surface area contributed by atoms with Crippen LogP contribution in [0.4, 0.5) is 5.69 Å². The van der Waals surface area contributed by atoms with E-state index in [0.29, 0.717) is 10.6 Å². The molecule has 0 fully saturated rings. The SMILES string of the molecule is O=C(c1ccccc1Cl)c1cccc2c1CCCN2. The first-order valence-corrected chi connectivity index (χ1v) is 6.80. The number of benzene rings is 2. The van der Waals surface area contributed by atoms with Crippen molar-refractivity contribution >= 4 is 23.1 Å².